The second-order valence-electron chi connectivity index (χ2n) is 5.31. The summed E-state index contributed by atoms with van der Waals surface area (Å²) in [4.78, 5) is 25.6. The Hall–Kier alpha value is -1.84. The van der Waals surface area contributed by atoms with Crippen LogP contribution in [-0.4, -0.2) is 36.5 Å². The molecule has 0 heterocycles. The molecule has 0 saturated carbocycles. The SMILES string of the molecule is CCOC(=O)CN(CC)C(=O)c1ccc2c(c1)CCCC2. The summed E-state index contributed by atoms with van der Waals surface area (Å²) in [5, 5.41) is 0. The number of hydrogen-bond acceptors (Lipinski definition) is 3. The third kappa shape index (κ3) is 3.84. The number of hydrogen-bond donors (Lipinski definition) is 0. The van der Waals surface area contributed by atoms with E-state index in [1.54, 1.807) is 6.92 Å². The standard InChI is InChI=1S/C17H23NO3/c1-3-18(12-16(19)21-4-2)17(20)15-10-9-13-7-5-6-8-14(13)11-15/h9-11H,3-8,12H2,1-2H3. The Bertz CT molecular complexity index is 525. The molecule has 1 aliphatic rings. The van der Waals surface area contributed by atoms with Gasteiger partial charge in [-0.1, -0.05) is 6.07 Å². The molecule has 1 aromatic carbocycles. The summed E-state index contributed by atoms with van der Waals surface area (Å²) in [7, 11) is 0. The Balaban J connectivity index is 2.11. The fourth-order valence-corrected chi connectivity index (χ4v) is 2.74. The second-order valence-corrected chi connectivity index (χ2v) is 5.31. The van der Waals surface area contributed by atoms with Crippen molar-refractivity contribution in [1.82, 2.24) is 4.90 Å². The van der Waals surface area contributed by atoms with E-state index in [1.165, 1.54) is 28.9 Å². The molecule has 0 fully saturated rings. The van der Waals surface area contributed by atoms with Crippen LogP contribution in [0.15, 0.2) is 18.2 Å². The maximum absolute atomic E-state index is 12.5. The fraction of sp³-hybridized carbons (Fsp3) is 0.529. The zero-order valence-corrected chi connectivity index (χ0v) is 12.9. The van der Waals surface area contributed by atoms with E-state index in [1.807, 2.05) is 19.1 Å². The van der Waals surface area contributed by atoms with Gasteiger partial charge in [0.1, 0.15) is 6.54 Å². The van der Waals surface area contributed by atoms with Crippen molar-refractivity contribution >= 4 is 11.9 Å². The van der Waals surface area contributed by atoms with Crippen LogP contribution in [-0.2, 0) is 22.4 Å². The molecule has 4 heteroatoms. The molecule has 0 aromatic heterocycles. The molecule has 2 rings (SSSR count). The van der Waals surface area contributed by atoms with Crippen LogP contribution in [0.1, 0.15) is 48.2 Å². The van der Waals surface area contributed by atoms with Crippen molar-refractivity contribution in [1.29, 1.82) is 0 Å². The van der Waals surface area contributed by atoms with Gasteiger partial charge >= 0.3 is 5.97 Å². The highest BCUT2D eigenvalue weighted by molar-refractivity contribution is 5.96. The number of aryl methyl sites for hydroxylation is 2. The molecular formula is C17H23NO3. The molecule has 0 unspecified atom stereocenters. The van der Waals surface area contributed by atoms with Crippen LogP contribution in [0.5, 0.6) is 0 Å². The number of carbonyl (C=O) groups excluding carboxylic acids is 2. The molecule has 0 spiro atoms. The Morgan fingerprint density at radius 1 is 1.14 bits per heavy atom. The summed E-state index contributed by atoms with van der Waals surface area (Å²) < 4.78 is 4.92. The van der Waals surface area contributed by atoms with Crippen LogP contribution in [0.4, 0.5) is 0 Å². The van der Waals surface area contributed by atoms with Gasteiger partial charge in [0, 0.05) is 12.1 Å². The van der Waals surface area contributed by atoms with Gasteiger partial charge in [0.2, 0.25) is 0 Å². The van der Waals surface area contributed by atoms with E-state index < -0.39 is 0 Å². The van der Waals surface area contributed by atoms with Gasteiger partial charge in [-0.15, -0.1) is 0 Å². The molecule has 114 valence electrons. The number of rotatable bonds is 5. The number of esters is 1. The monoisotopic (exact) mass is 289 g/mol. The maximum Gasteiger partial charge on any atom is 0.325 e. The highest BCUT2D eigenvalue weighted by Crippen LogP contribution is 2.22. The lowest BCUT2D eigenvalue weighted by Gasteiger charge is -2.21. The van der Waals surface area contributed by atoms with E-state index >= 15 is 0 Å². The first-order chi connectivity index (χ1) is 10.2. The number of carbonyl (C=O) groups is 2. The van der Waals surface area contributed by atoms with Crippen LogP contribution >= 0.6 is 0 Å². The second kappa shape index (κ2) is 7.25. The van der Waals surface area contributed by atoms with E-state index in [2.05, 4.69) is 6.07 Å². The smallest absolute Gasteiger partial charge is 0.325 e. The molecule has 0 bridgehead atoms. The lowest BCUT2D eigenvalue weighted by atomic mass is 9.90. The summed E-state index contributed by atoms with van der Waals surface area (Å²) in [6.45, 7) is 4.48. The van der Waals surface area contributed by atoms with Crippen molar-refractivity contribution in [3.05, 3.63) is 34.9 Å². The number of amides is 1. The van der Waals surface area contributed by atoms with Gasteiger partial charge in [-0.05, 0) is 62.8 Å². The zero-order valence-electron chi connectivity index (χ0n) is 12.9. The summed E-state index contributed by atoms with van der Waals surface area (Å²) in [6.07, 6.45) is 4.56. The summed E-state index contributed by atoms with van der Waals surface area (Å²) in [6, 6.07) is 5.92. The maximum atomic E-state index is 12.5. The molecule has 0 saturated heterocycles. The van der Waals surface area contributed by atoms with Gasteiger partial charge in [0.25, 0.3) is 5.91 Å². The van der Waals surface area contributed by atoms with Crippen molar-refractivity contribution in [2.75, 3.05) is 19.7 Å². The third-order valence-electron chi connectivity index (χ3n) is 3.89. The van der Waals surface area contributed by atoms with Gasteiger partial charge < -0.3 is 9.64 Å². The average Bonchev–Trinajstić information content (AvgIpc) is 2.51. The van der Waals surface area contributed by atoms with Crippen molar-refractivity contribution in [3.63, 3.8) is 0 Å². The number of likely N-dealkylation sites (N-methyl/N-ethyl adjacent to an activating group) is 1. The molecule has 4 nitrogen and oxygen atoms in total. The Morgan fingerprint density at radius 3 is 2.52 bits per heavy atom. The van der Waals surface area contributed by atoms with Crippen molar-refractivity contribution in [2.24, 2.45) is 0 Å². The molecule has 1 aromatic rings. The van der Waals surface area contributed by atoms with Gasteiger partial charge in [-0.25, -0.2) is 0 Å². The van der Waals surface area contributed by atoms with E-state index in [-0.39, 0.29) is 18.4 Å². The van der Waals surface area contributed by atoms with Gasteiger partial charge in [0.15, 0.2) is 0 Å². The number of benzene rings is 1. The lowest BCUT2D eigenvalue weighted by Crippen LogP contribution is -2.36. The molecular weight excluding hydrogens is 266 g/mol. The minimum atomic E-state index is -0.356. The van der Waals surface area contributed by atoms with Gasteiger partial charge in [-0.3, -0.25) is 9.59 Å². The van der Waals surface area contributed by atoms with Crippen molar-refractivity contribution in [3.8, 4) is 0 Å². The number of nitrogens with zero attached hydrogens (tertiary/aromatic N) is 1. The van der Waals surface area contributed by atoms with E-state index in [0.29, 0.717) is 18.7 Å². The molecule has 0 radical (unpaired) electrons. The average molecular weight is 289 g/mol. The van der Waals surface area contributed by atoms with Crippen molar-refractivity contribution in [2.45, 2.75) is 39.5 Å². The zero-order chi connectivity index (χ0) is 15.2. The minimum Gasteiger partial charge on any atom is -0.465 e. The van der Waals surface area contributed by atoms with E-state index in [0.717, 1.165) is 12.8 Å². The quantitative estimate of drug-likeness (QED) is 0.783. The molecule has 1 amide bonds. The van der Waals surface area contributed by atoms with Crippen LogP contribution in [0.25, 0.3) is 0 Å². The van der Waals surface area contributed by atoms with E-state index in [4.69, 9.17) is 4.74 Å². The lowest BCUT2D eigenvalue weighted by molar-refractivity contribution is -0.143. The highest BCUT2D eigenvalue weighted by atomic mass is 16.5. The molecule has 1 aliphatic carbocycles. The summed E-state index contributed by atoms with van der Waals surface area (Å²) in [5.41, 5.74) is 3.30. The highest BCUT2D eigenvalue weighted by Gasteiger charge is 2.19. The molecule has 0 atom stereocenters. The van der Waals surface area contributed by atoms with E-state index in [9.17, 15) is 9.59 Å². The van der Waals surface area contributed by atoms with Gasteiger partial charge in [0.05, 0.1) is 6.61 Å². The topological polar surface area (TPSA) is 46.6 Å². The minimum absolute atomic E-state index is 0.0141. The Morgan fingerprint density at radius 2 is 1.86 bits per heavy atom. The normalized spacial score (nSPS) is 13.4. The predicted molar refractivity (Wildman–Crippen MR) is 81.3 cm³/mol. The molecule has 0 aliphatic heterocycles. The third-order valence-corrected chi connectivity index (χ3v) is 3.89. The predicted octanol–water partition coefficient (Wildman–Crippen LogP) is 2.59. The van der Waals surface area contributed by atoms with Crippen LogP contribution in [0, 0.1) is 0 Å². The van der Waals surface area contributed by atoms with Gasteiger partial charge in [-0.2, -0.15) is 0 Å². The summed E-state index contributed by atoms with van der Waals surface area (Å²) in [5.74, 6) is -0.454. The Kier molecular flexibility index (Phi) is 5.37. The van der Waals surface area contributed by atoms with Crippen molar-refractivity contribution < 1.29 is 14.3 Å². The first kappa shape index (κ1) is 15.5. The largest absolute Gasteiger partial charge is 0.465 e. The van der Waals surface area contributed by atoms with Crippen LogP contribution < -0.4 is 0 Å². The Labute approximate surface area is 126 Å². The van der Waals surface area contributed by atoms with Crippen LogP contribution in [0.3, 0.4) is 0 Å². The number of fused-ring (bicyclic) bond motifs is 1. The summed E-state index contributed by atoms with van der Waals surface area (Å²) >= 11 is 0. The first-order valence-electron chi connectivity index (χ1n) is 7.72. The molecule has 21 heavy (non-hydrogen) atoms. The van der Waals surface area contributed by atoms with Crippen LogP contribution in [0.2, 0.25) is 0 Å². The fourth-order valence-electron chi connectivity index (χ4n) is 2.74. The first-order valence-corrected chi connectivity index (χ1v) is 7.72. The molecule has 0 N–H and O–H groups in total. The number of ether oxygens (including phenoxy) is 1.